The van der Waals surface area contributed by atoms with Crippen LogP contribution in [0.2, 0.25) is 0 Å². The highest BCUT2D eigenvalue weighted by Crippen LogP contribution is 2.39. The van der Waals surface area contributed by atoms with Gasteiger partial charge < -0.3 is 10.1 Å². The number of aromatic nitrogens is 5. The molecule has 4 aromatic heterocycles. The Kier molecular flexibility index (Phi) is 3.24. The molecule has 4 aromatic rings. The van der Waals surface area contributed by atoms with Crippen molar-refractivity contribution in [3.05, 3.63) is 35.2 Å². The molecule has 0 spiro atoms. The second-order valence-corrected chi connectivity index (χ2v) is 7.28. The Morgan fingerprint density at radius 1 is 1.28 bits per heavy atom. The number of hydrogen-bond acceptors (Lipinski definition) is 7. The lowest BCUT2D eigenvalue weighted by atomic mass is 9.89. The topological polar surface area (TPSA) is 96.5 Å². The Morgan fingerprint density at radius 3 is 3.16 bits per heavy atom. The largest absolute Gasteiger partial charge is 0.324 e. The van der Waals surface area contributed by atoms with Crippen molar-refractivity contribution in [2.45, 2.75) is 19.3 Å². The predicted octanol–water partition coefficient (Wildman–Crippen LogP) is 3.01. The summed E-state index contributed by atoms with van der Waals surface area (Å²) in [7, 11) is 0. The first-order chi connectivity index (χ1) is 12.3. The normalized spacial score (nSPS) is 16.9. The van der Waals surface area contributed by atoms with Crippen LogP contribution in [0.3, 0.4) is 0 Å². The zero-order valence-electron chi connectivity index (χ0n) is 13.2. The second-order valence-electron chi connectivity index (χ2n) is 6.20. The van der Waals surface area contributed by atoms with E-state index in [4.69, 9.17) is 0 Å². The third-order valence-electron chi connectivity index (χ3n) is 4.65. The molecule has 8 heteroatoms. The van der Waals surface area contributed by atoms with Gasteiger partial charge in [-0.3, -0.25) is 5.10 Å². The van der Waals surface area contributed by atoms with Gasteiger partial charge in [-0.05, 0) is 30.9 Å². The summed E-state index contributed by atoms with van der Waals surface area (Å²) >= 11 is 1.66. The van der Waals surface area contributed by atoms with E-state index in [0.717, 1.165) is 58.3 Å². The summed E-state index contributed by atoms with van der Waals surface area (Å²) in [5.74, 6) is 1.60. The highest BCUT2D eigenvalue weighted by atomic mass is 32.1. The molecule has 0 fully saturated rings. The van der Waals surface area contributed by atoms with Gasteiger partial charge in [0.1, 0.15) is 29.1 Å². The Balaban J connectivity index is 1.59. The number of nitrogens with one attached hydrogen (secondary N) is 2. The first kappa shape index (κ1) is 14.5. The van der Waals surface area contributed by atoms with Crippen LogP contribution in [0.4, 0.5) is 11.6 Å². The van der Waals surface area contributed by atoms with E-state index in [1.807, 2.05) is 6.07 Å². The van der Waals surface area contributed by atoms with Crippen molar-refractivity contribution in [1.82, 2.24) is 25.1 Å². The highest BCUT2D eigenvalue weighted by molar-refractivity contribution is 7.19. The van der Waals surface area contributed by atoms with Gasteiger partial charge in [-0.2, -0.15) is 5.10 Å². The molecule has 1 atom stereocenters. The number of H-pyrrole nitrogens is 1. The molecule has 5 rings (SSSR count). The smallest absolute Gasteiger partial charge is 0.144 e. The summed E-state index contributed by atoms with van der Waals surface area (Å²) in [5.41, 5.74) is 2.16. The monoisotopic (exact) mass is 350 g/mol. The van der Waals surface area contributed by atoms with Crippen LogP contribution in [-0.2, 0) is 17.6 Å². The number of aromatic amines is 1. The van der Waals surface area contributed by atoms with E-state index in [1.54, 1.807) is 30.1 Å². The van der Waals surface area contributed by atoms with Gasteiger partial charge in [-0.15, -0.1) is 11.3 Å². The number of aryl methyl sites for hydroxylation is 1. The van der Waals surface area contributed by atoms with Crippen molar-refractivity contribution >= 4 is 50.4 Å². The molecule has 1 aliphatic carbocycles. The van der Waals surface area contributed by atoms with E-state index < -0.39 is 0 Å². The van der Waals surface area contributed by atoms with Crippen LogP contribution in [0.25, 0.3) is 21.1 Å². The van der Waals surface area contributed by atoms with Crippen molar-refractivity contribution in [3.8, 4) is 0 Å². The number of pyridine rings is 1. The van der Waals surface area contributed by atoms with E-state index in [9.17, 15) is 4.79 Å². The standard InChI is InChI=1S/C17H14N6OS/c24-7-9-1-2-11-13(3-9)25-17-15(11)16(19-8-20-17)22-14-4-10-5-21-23-12(10)6-18-14/h4-9H,1-3H2,(H,21,23)(H,18,19,20,22)/t9-/m0/s1. The lowest BCUT2D eigenvalue weighted by Crippen LogP contribution is -2.13. The summed E-state index contributed by atoms with van der Waals surface area (Å²) in [4.78, 5) is 26.6. The van der Waals surface area contributed by atoms with Crippen molar-refractivity contribution in [1.29, 1.82) is 0 Å². The van der Waals surface area contributed by atoms with Crippen molar-refractivity contribution in [2.75, 3.05) is 5.32 Å². The van der Waals surface area contributed by atoms with Crippen LogP contribution >= 0.6 is 11.3 Å². The number of fused-ring (bicyclic) bond motifs is 4. The second kappa shape index (κ2) is 5.59. The summed E-state index contributed by atoms with van der Waals surface area (Å²) < 4.78 is 0. The number of rotatable bonds is 3. The fourth-order valence-electron chi connectivity index (χ4n) is 3.38. The third kappa shape index (κ3) is 2.37. The molecule has 0 amide bonds. The molecule has 0 saturated heterocycles. The molecule has 0 radical (unpaired) electrons. The van der Waals surface area contributed by atoms with Crippen LogP contribution in [0.15, 0.2) is 24.8 Å². The third-order valence-corrected chi connectivity index (χ3v) is 5.81. The SMILES string of the molecule is O=C[C@H]1CCc2c(sc3ncnc(Nc4cc5cn[nH]c5cn4)c23)C1. The van der Waals surface area contributed by atoms with Gasteiger partial charge in [-0.1, -0.05) is 0 Å². The maximum atomic E-state index is 11.1. The summed E-state index contributed by atoms with van der Waals surface area (Å²) in [6.07, 6.45) is 8.73. The molecule has 0 unspecified atom stereocenters. The average molecular weight is 350 g/mol. The first-order valence-corrected chi connectivity index (χ1v) is 8.90. The van der Waals surface area contributed by atoms with Gasteiger partial charge in [0.25, 0.3) is 0 Å². The number of nitrogens with zero attached hydrogens (tertiary/aromatic N) is 4. The van der Waals surface area contributed by atoms with E-state index >= 15 is 0 Å². The average Bonchev–Trinajstić information content (AvgIpc) is 3.25. The molecule has 4 heterocycles. The van der Waals surface area contributed by atoms with E-state index in [1.165, 1.54) is 10.4 Å². The maximum Gasteiger partial charge on any atom is 0.144 e. The van der Waals surface area contributed by atoms with Gasteiger partial charge in [0.05, 0.1) is 23.3 Å². The van der Waals surface area contributed by atoms with E-state index in [0.29, 0.717) is 0 Å². The lowest BCUT2D eigenvalue weighted by Gasteiger charge is -2.17. The van der Waals surface area contributed by atoms with Crippen LogP contribution in [-0.4, -0.2) is 31.4 Å². The molecule has 25 heavy (non-hydrogen) atoms. The number of carbonyl (C=O) groups excluding carboxylic acids is 1. The Labute approximate surface area is 146 Å². The molecule has 7 nitrogen and oxygen atoms in total. The fourth-order valence-corrected chi connectivity index (χ4v) is 4.66. The Hall–Kier alpha value is -2.87. The van der Waals surface area contributed by atoms with E-state index in [-0.39, 0.29) is 5.92 Å². The maximum absolute atomic E-state index is 11.1. The molecule has 0 aliphatic heterocycles. The van der Waals surface area contributed by atoms with Crippen molar-refractivity contribution in [3.63, 3.8) is 0 Å². The Bertz CT molecular complexity index is 1100. The van der Waals surface area contributed by atoms with E-state index in [2.05, 4.69) is 30.5 Å². The minimum Gasteiger partial charge on any atom is -0.324 e. The minimum absolute atomic E-state index is 0.120. The molecule has 0 bridgehead atoms. The number of anilines is 2. The Morgan fingerprint density at radius 2 is 2.24 bits per heavy atom. The molecule has 0 saturated carbocycles. The highest BCUT2D eigenvalue weighted by Gasteiger charge is 2.25. The molecule has 2 N–H and O–H groups in total. The van der Waals surface area contributed by atoms with Crippen molar-refractivity contribution in [2.24, 2.45) is 5.92 Å². The van der Waals surface area contributed by atoms with Gasteiger partial charge in [0, 0.05) is 16.2 Å². The molecule has 124 valence electrons. The van der Waals surface area contributed by atoms with Crippen LogP contribution < -0.4 is 5.32 Å². The lowest BCUT2D eigenvalue weighted by molar-refractivity contribution is -0.111. The number of carbonyl (C=O) groups is 1. The van der Waals surface area contributed by atoms with Crippen LogP contribution in [0.1, 0.15) is 16.9 Å². The van der Waals surface area contributed by atoms with Crippen LogP contribution in [0, 0.1) is 5.92 Å². The minimum atomic E-state index is 0.120. The quantitative estimate of drug-likeness (QED) is 0.551. The van der Waals surface area contributed by atoms with Gasteiger partial charge >= 0.3 is 0 Å². The first-order valence-electron chi connectivity index (χ1n) is 8.08. The van der Waals surface area contributed by atoms with Gasteiger partial charge in [0.15, 0.2) is 0 Å². The summed E-state index contributed by atoms with van der Waals surface area (Å²) in [5, 5.41) is 12.3. The number of hydrogen-bond donors (Lipinski definition) is 2. The van der Waals surface area contributed by atoms with Gasteiger partial charge in [0.2, 0.25) is 0 Å². The summed E-state index contributed by atoms with van der Waals surface area (Å²) in [6.45, 7) is 0. The summed E-state index contributed by atoms with van der Waals surface area (Å²) in [6, 6.07) is 1.94. The zero-order valence-corrected chi connectivity index (χ0v) is 14.0. The van der Waals surface area contributed by atoms with Crippen LogP contribution in [0.5, 0.6) is 0 Å². The van der Waals surface area contributed by atoms with Crippen molar-refractivity contribution < 1.29 is 4.79 Å². The van der Waals surface area contributed by atoms with Gasteiger partial charge in [-0.25, -0.2) is 15.0 Å². The molecular formula is C17H14N6OS. The fraction of sp³-hybridized carbons (Fsp3) is 0.235. The predicted molar refractivity (Wildman–Crippen MR) is 96.2 cm³/mol. The molecule has 1 aliphatic rings. The zero-order chi connectivity index (χ0) is 16.8. The number of thiophene rings is 1. The molecular weight excluding hydrogens is 336 g/mol. The molecule has 0 aromatic carbocycles. The number of aldehydes is 1.